The third-order valence-electron chi connectivity index (χ3n) is 4.39. The number of hydrogen-bond donors (Lipinski definition) is 1. The Morgan fingerprint density at radius 3 is 3.00 bits per heavy atom. The van der Waals surface area contributed by atoms with Crippen molar-refractivity contribution in [3.63, 3.8) is 0 Å². The van der Waals surface area contributed by atoms with Crippen molar-refractivity contribution in [1.29, 1.82) is 0 Å². The van der Waals surface area contributed by atoms with Crippen LogP contribution in [0.15, 0.2) is 27.2 Å². The van der Waals surface area contributed by atoms with Crippen LogP contribution in [0.1, 0.15) is 31.2 Å². The van der Waals surface area contributed by atoms with Crippen LogP contribution < -0.4 is 5.73 Å². The summed E-state index contributed by atoms with van der Waals surface area (Å²) in [6.45, 7) is 5.40. The molecule has 0 bridgehead atoms. The van der Waals surface area contributed by atoms with E-state index in [9.17, 15) is 4.79 Å². The third-order valence-corrected chi connectivity index (χ3v) is 4.39. The minimum absolute atomic E-state index is 0.0760. The van der Waals surface area contributed by atoms with Crippen molar-refractivity contribution in [3.05, 3.63) is 29.9 Å². The first-order chi connectivity index (χ1) is 10.5. The second-order valence-electron chi connectivity index (χ2n) is 5.95. The maximum absolute atomic E-state index is 11.4. The summed E-state index contributed by atoms with van der Waals surface area (Å²) in [6.07, 6.45) is 3.43. The molecule has 1 aliphatic rings. The molecular weight excluding hydrogens is 282 g/mol. The van der Waals surface area contributed by atoms with E-state index in [0.29, 0.717) is 30.8 Å². The molecule has 0 spiro atoms. The number of carbonyl (C=O) groups excluding carboxylic acids is 1. The first-order valence-corrected chi connectivity index (χ1v) is 7.58. The van der Waals surface area contributed by atoms with Gasteiger partial charge in [-0.2, -0.15) is 0 Å². The predicted octanol–water partition coefficient (Wildman–Crippen LogP) is 2.33. The highest BCUT2D eigenvalue weighted by Gasteiger charge is 2.29. The molecule has 0 unspecified atom stereocenters. The molecule has 0 aromatic carbocycles. The summed E-state index contributed by atoms with van der Waals surface area (Å²) in [5.41, 5.74) is 6.33. The standard InChI is InChI=1S/C16H21N3O3/c1-10-5-6-12(15(17)20)8-19(10)9-13-11(2)22-16(18-13)14-4-3-7-21-14/h3-4,7,10,12H,5-6,8-9H2,1-2H3,(H2,17,20)/t10-,12+/m1/s1. The van der Waals surface area contributed by atoms with Crippen LogP contribution in [0.25, 0.3) is 11.7 Å². The summed E-state index contributed by atoms with van der Waals surface area (Å²) < 4.78 is 11.0. The van der Waals surface area contributed by atoms with Crippen molar-refractivity contribution in [2.24, 2.45) is 11.7 Å². The maximum atomic E-state index is 11.4. The van der Waals surface area contributed by atoms with Crippen LogP contribution in [0.3, 0.4) is 0 Å². The lowest BCUT2D eigenvalue weighted by Gasteiger charge is -2.36. The molecule has 3 rings (SSSR count). The third kappa shape index (κ3) is 2.92. The van der Waals surface area contributed by atoms with Gasteiger partial charge in [0.25, 0.3) is 5.89 Å². The molecule has 0 radical (unpaired) electrons. The van der Waals surface area contributed by atoms with Crippen LogP contribution in [0.2, 0.25) is 0 Å². The zero-order chi connectivity index (χ0) is 15.7. The van der Waals surface area contributed by atoms with Gasteiger partial charge in [-0.15, -0.1) is 0 Å². The van der Waals surface area contributed by atoms with Crippen LogP contribution in [-0.2, 0) is 11.3 Å². The van der Waals surface area contributed by atoms with Gasteiger partial charge in [0.1, 0.15) is 5.76 Å². The number of hydrogen-bond acceptors (Lipinski definition) is 5. The highest BCUT2D eigenvalue weighted by molar-refractivity contribution is 5.77. The molecule has 22 heavy (non-hydrogen) atoms. The summed E-state index contributed by atoms with van der Waals surface area (Å²) in [4.78, 5) is 18.2. The Hall–Kier alpha value is -2.08. The minimum Gasteiger partial charge on any atom is -0.459 e. The number of likely N-dealkylation sites (tertiary alicyclic amines) is 1. The zero-order valence-electron chi connectivity index (χ0n) is 12.9. The average Bonchev–Trinajstić information content (AvgIpc) is 3.11. The second-order valence-corrected chi connectivity index (χ2v) is 5.95. The monoisotopic (exact) mass is 303 g/mol. The Bertz CT molecular complexity index is 648. The molecule has 2 atom stereocenters. The number of primary amides is 1. The Morgan fingerprint density at radius 2 is 2.32 bits per heavy atom. The van der Waals surface area contributed by atoms with Gasteiger partial charge >= 0.3 is 0 Å². The molecule has 1 amide bonds. The summed E-state index contributed by atoms with van der Waals surface area (Å²) in [5.74, 6) is 1.60. The van der Waals surface area contributed by atoms with E-state index in [1.807, 2.05) is 13.0 Å². The number of aromatic nitrogens is 1. The molecule has 6 nitrogen and oxygen atoms in total. The van der Waals surface area contributed by atoms with E-state index in [0.717, 1.165) is 24.3 Å². The Kier molecular flexibility index (Phi) is 4.02. The van der Waals surface area contributed by atoms with Crippen molar-refractivity contribution in [1.82, 2.24) is 9.88 Å². The number of rotatable bonds is 4. The van der Waals surface area contributed by atoms with E-state index in [2.05, 4.69) is 16.8 Å². The SMILES string of the molecule is Cc1oc(-c2ccco2)nc1CN1C[C@@H](C(N)=O)CC[C@H]1C. The number of nitrogens with two attached hydrogens (primary N) is 1. The maximum Gasteiger partial charge on any atom is 0.263 e. The molecule has 2 N–H and O–H groups in total. The van der Waals surface area contributed by atoms with Gasteiger partial charge in [-0.05, 0) is 38.8 Å². The van der Waals surface area contributed by atoms with Gasteiger partial charge in [0.2, 0.25) is 5.91 Å². The summed E-state index contributed by atoms with van der Waals surface area (Å²) in [7, 11) is 0. The fourth-order valence-electron chi connectivity index (χ4n) is 2.90. The summed E-state index contributed by atoms with van der Waals surface area (Å²) >= 11 is 0. The van der Waals surface area contributed by atoms with Crippen LogP contribution in [0.4, 0.5) is 0 Å². The molecule has 118 valence electrons. The first kappa shape index (κ1) is 14.8. The van der Waals surface area contributed by atoms with E-state index in [4.69, 9.17) is 14.6 Å². The Morgan fingerprint density at radius 1 is 1.50 bits per heavy atom. The van der Waals surface area contributed by atoms with Crippen LogP contribution >= 0.6 is 0 Å². The lowest BCUT2D eigenvalue weighted by molar-refractivity contribution is -0.124. The predicted molar refractivity (Wildman–Crippen MR) is 80.7 cm³/mol. The lowest BCUT2D eigenvalue weighted by atomic mass is 9.93. The van der Waals surface area contributed by atoms with Gasteiger partial charge in [0, 0.05) is 19.1 Å². The van der Waals surface area contributed by atoms with Crippen LogP contribution in [-0.4, -0.2) is 28.4 Å². The molecule has 2 aromatic heterocycles. The average molecular weight is 303 g/mol. The van der Waals surface area contributed by atoms with Crippen molar-refractivity contribution < 1.29 is 13.6 Å². The fraction of sp³-hybridized carbons (Fsp3) is 0.500. The second kappa shape index (κ2) is 5.96. The van der Waals surface area contributed by atoms with Gasteiger partial charge in [-0.3, -0.25) is 9.69 Å². The topological polar surface area (TPSA) is 85.5 Å². The Labute approximate surface area is 129 Å². The molecule has 3 heterocycles. The number of amides is 1. The van der Waals surface area contributed by atoms with Gasteiger partial charge < -0.3 is 14.6 Å². The number of oxazole rings is 1. The number of nitrogens with zero attached hydrogens (tertiary/aromatic N) is 2. The van der Waals surface area contributed by atoms with E-state index >= 15 is 0 Å². The van der Waals surface area contributed by atoms with Crippen molar-refractivity contribution in [2.75, 3.05) is 6.54 Å². The molecule has 1 aliphatic heterocycles. The highest BCUT2D eigenvalue weighted by Crippen LogP contribution is 2.26. The van der Waals surface area contributed by atoms with Crippen molar-refractivity contribution in [2.45, 2.75) is 39.3 Å². The Balaban J connectivity index is 1.76. The first-order valence-electron chi connectivity index (χ1n) is 7.58. The van der Waals surface area contributed by atoms with E-state index in [1.165, 1.54) is 0 Å². The van der Waals surface area contributed by atoms with E-state index in [1.54, 1.807) is 12.3 Å². The van der Waals surface area contributed by atoms with Crippen molar-refractivity contribution >= 4 is 5.91 Å². The molecule has 2 aromatic rings. The molecule has 1 fully saturated rings. The molecule has 0 saturated carbocycles. The van der Waals surface area contributed by atoms with Gasteiger partial charge in [-0.1, -0.05) is 0 Å². The molecule has 0 aliphatic carbocycles. The number of aryl methyl sites for hydroxylation is 1. The van der Waals surface area contributed by atoms with Crippen molar-refractivity contribution in [3.8, 4) is 11.7 Å². The largest absolute Gasteiger partial charge is 0.459 e. The van der Waals surface area contributed by atoms with Gasteiger partial charge in [-0.25, -0.2) is 4.98 Å². The fourth-order valence-corrected chi connectivity index (χ4v) is 2.90. The smallest absolute Gasteiger partial charge is 0.263 e. The molecular formula is C16H21N3O3. The molecule has 6 heteroatoms. The number of furan rings is 1. The normalized spacial score (nSPS) is 22.8. The van der Waals surface area contributed by atoms with Gasteiger partial charge in [0.15, 0.2) is 5.76 Å². The molecule has 1 saturated heterocycles. The van der Waals surface area contributed by atoms with Crippen LogP contribution in [0, 0.1) is 12.8 Å². The zero-order valence-corrected chi connectivity index (χ0v) is 12.9. The van der Waals surface area contributed by atoms with E-state index < -0.39 is 0 Å². The minimum atomic E-state index is -0.218. The quantitative estimate of drug-likeness (QED) is 0.937. The van der Waals surface area contributed by atoms with Crippen LogP contribution in [0.5, 0.6) is 0 Å². The lowest BCUT2D eigenvalue weighted by Crippen LogP contribution is -2.45. The number of piperidine rings is 1. The van der Waals surface area contributed by atoms with Gasteiger partial charge in [0.05, 0.1) is 17.9 Å². The number of carbonyl (C=O) groups is 1. The summed E-state index contributed by atoms with van der Waals surface area (Å²) in [6, 6.07) is 4.03. The highest BCUT2D eigenvalue weighted by atomic mass is 16.4. The summed E-state index contributed by atoms with van der Waals surface area (Å²) in [5, 5.41) is 0. The van der Waals surface area contributed by atoms with E-state index in [-0.39, 0.29) is 11.8 Å².